The predicted octanol–water partition coefficient (Wildman–Crippen LogP) is 1.69. The summed E-state index contributed by atoms with van der Waals surface area (Å²) in [5.41, 5.74) is 0. The Balaban J connectivity index is 0.000001000. The molecule has 1 aromatic heterocycles. The number of carboxylic acid groups (broad SMARTS) is 1. The van der Waals surface area contributed by atoms with Crippen molar-refractivity contribution < 1.29 is 42.6 Å². The second kappa shape index (κ2) is 4.80. The van der Waals surface area contributed by atoms with Crippen LogP contribution >= 0.6 is 11.3 Å². The van der Waals surface area contributed by atoms with E-state index in [0.717, 1.165) is 11.3 Å². The maximum atomic E-state index is 10.3. The van der Waals surface area contributed by atoms with Crippen molar-refractivity contribution in [3.8, 4) is 0 Å². The largest absolute Gasteiger partial charge is 0.486 e. The van der Waals surface area contributed by atoms with Crippen molar-refractivity contribution in [2.75, 3.05) is 0 Å². The van der Waals surface area contributed by atoms with Crippen LogP contribution in [0.3, 0.4) is 0 Å². The molecular formula is C7H4O2SY-2. The van der Waals surface area contributed by atoms with Gasteiger partial charge in [-0.3, -0.25) is 15.7 Å². The SMILES string of the molecule is [CH-]=Cc1[c-]cc(C(=O)O)s1.[Y]. The van der Waals surface area contributed by atoms with Gasteiger partial charge in [0.1, 0.15) is 0 Å². The summed E-state index contributed by atoms with van der Waals surface area (Å²) in [7, 11) is 0. The van der Waals surface area contributed by atoms with Crippen LogP contribution in [0, 0.1) is 12.6 Å². The molecule has 2 nitrogen and oxygen atoms in total. The van der Waals surface area contributed by atoms with Gasteiger partial charge >= 0.3 is 0 Å². The van der Waals surface area contributed by atoms with Gasteiger partial charge in [-0.1, -0.05) is 0 Å². The van der Waals surface area contributed by atoms with Gasteiger partial charge in [-0.2, -0.15) is 6.07 Å². The Kier molecular flexibility index (Phi) is 4.81. The van der Waals surface area contributed by atoms with Crippen LogP contribution in [0.25, 0.3) is 6.08 Å². The minimum atomic E-state index is -0.936. The van der Waals surface area contributed by atoms with Gasteiger partial charge in [0.25, 0.3) is 5.97 Å². The number of carbonyl (C=O) groups is 1. The Hall–Kier alpha value is 0.0139. The topological polar surface area (TPSA) is 37.3 Å². The first-order valence-corrected chi connectivity index (χ1v) is 3.35. The molecule has 0 aromatic carbocycles. The molecule has 0 aliphatic carbocycles. The van der Waals surface area contributed by atoms with Crippen molar-refractivity contribution in [3.05, 3.63) is 28.5 Å². The third-order valence-corrected chi connectivity index (χ3v) is 1.91. The maximum Gasteiger partial charge on any atom is 0.287 e. The quantitative estimate of drug-likeness (QED) is 0.800. The molecule has 0 bridgehead atoms. The molecule has 0 saturated carbocycles. The fourth-order valence-electron chi connectivity index (χ4n) is 0.502. The molecule has 1 aromatic rings. The van der Waals surface area contributed by atoms with E-state index in [1.54, 1.807) is 0 Å². The number of hydrogen-bond donors (Lipinski definition) is 1. The van der Waals surface area contributed by atoms with Crippen LogP contribution in [0.4, 0.5) is 0 Å². The van der Waals surface area contributed by atoms with Gasteiger partial charge in [0.2, 0.25) is 0 Å². The van der Waals surface area contributed by atoms with Gasteiger partial charge in [0, 0.05) is 32.7 Å². The molecule has 1 rings (SSSR count). The van der Waals surface area contributed by atoms with Gasteiger partial charge in [0.15, 0.2) is 0 Å². The van der Waals surface area contributed by atoms with E-state index < -0.39 is 5.97 Å². The number of thiophene rings is 1. The second-order valence-corrected chi connectivity index (χ2v) is 2.67. The van der Waals surface area contributed by atoms with Crippen LogP contribution in [0.2, 0.25) is 0 Å². The zero-order valence-corrected chi connectivity index (χ0v) is 9.23. The second-order valence-electron chi connectivity index (χ2n) is 1.59. The van der Waals surface area contributed by atoms with Crippen molar-refractivity contribution in [2.24, 2.45) is 0 Å². The minimum Gasteiger partial charge on any atom is -0.486 e. The summed E-state index contributed by atoms with van der Waals surface area (Å²) in [6, 6.07) is 4.10. The summed E-state index contributed by atoms with van der Waals surface area (Å²) < 4.78 is 0. The fourth-order valence-corrected chi connectivity index (χ4v) is 1.13. The molecule has 0 fully saturated rings. The van der Waals surface area contributed by atoms with Crippen LogP contribution in [-0.2, 0) is 32.7 Å². The molecule has 1 heterocycles. The molecule has 11 heavy (non-hydrogen) atoms. The fraction of sp³-hybridized carbons (Fsp3) is 0. The van der Waals surface area contributed by atoms with Crippen LogP contribution < -0.4 is 0 Å². The van der Waals surface area contributed by atoms with Crippen molar-refractivity contribution in [2.45, 2.75) is 0 Å². The van der Waals surface area contributed by atoms with E-state index in [9.17, 15) is 4.79 Å². The zero-order valence-electron chi connectivity index (χ0n) is 5.57. The molecule has 0 atom stereocenters. The molecule has 0 aliphatic heterocycles. The van der Waals surface area contributed by atoms with Crippen molar-refractivity contribution >= 4 is 23.4 Å². The Labute approximate surface area is 93.8 Å². The molecular weight excluding hydrogens is 237 g/mol. The first kappa shape index (κ1) is 11.0. The summed E-state index contributed by atoms with van der Waals surface area (Å²) in [5, 5.41) is 8.43. The smallest absolute Gasteiger partial charge is 0.287 e. The third kappa shape index (κ3) is 2.85. The number of hydrogen-bond acceptors (Lipinski definition) is 2. The molecule has 0 aliphatic rings. The molecule has 0 amide bonds. The first-order chi connectivity index (χ1) is 4.74. The van der Waals surface area contributed by atoms with Crippen LogP contribution in [0.5, 0.6) is 0 Å². The van der Waals surface area contributed by atoms with Gasteiger partial charge in [-0.05, 0) is 4.88 Å². The van der Waals surface area contributed by atoms with Gasteiger partial charge in [-0.15, -0.1) is 0 Å². The van der Waals surface area contributed by atoms with E-state index in [1.165, 1.54) is 12.1 Å². The number of carboxylic acids is 1. The van der Waals surface area contributed by atoms with Gasteiger partial charge < -0.3 is 29.1 Å². The predicted molar refractivity (Wildman–Crippen MR) is 38.9 cm³/mol. The average molecular weight is 241 g/mol. The van der Waals surface area contributed by atoms with Crippen molar-refractivity contribution in [3.63, 3.8) is 0 Å². The molecule has 4 heteroatoms. The maximum absolute atomic E-state index is 10.3. The molecule has 1 N–H and O–H groups in total. The van der Waals surface area contributed by atoms with Crippen LogP contribution in [-0.4, -0.2) is 11.1 Å². The van der Waals surface area contributed by atoms with E-state index in [4.69, 9.17) is 11.7 Å². The monoisotopic (exact) mass is 241 g/mol. The van der Waals surface area contributed by atoms with Crippen LogP contribution in [0.15, 0.2) is 6.07 Å². The summed E-state index contributed by atoms with van der Waals surface area (Å²) in [6.45, 7) is 5.12. The molecule has 1 radical (unpaired) electrons. The van der Waals surface area contributed by atoms with Crippen molar-refractivity contribution in [1.82, 2.24) is 0 Å². The first-order valence-electron chi connectivity index (χ1n) is 2.54. The molecule has 0 unspecified atom stereocenters. The number of rotatable bonds is 2. The summed E-state index contributed by atoms with van der Waals surface area (Å²) in [5.74, 6) is -0.936. The molecule has 55 valence electrons. The Morgan fingerprint density at radius 3 is 2.73 bits per heavy atom. The Morgan fingerprint density at radius 2 is 2.45 bits per heavy atom. The standard InChI is InChI=1S/C7H4O2S.Y/c1-2-5-3-4-6(10-5)7(8)9;/h1-2,4H,(H,8,9);/q-2;. The van der Waals surface area contributed by atoms with Gasteiger partial charge in [-0.25, -0.2) is 0 Å². The van der Waals surface area contributed by atoms with E-state index in [0.29, 0.717) is 4.88 Å². The summed E-state index contributed by atoms with van der Waals surface area (Å²) in [6.07, 6.45) is 1.33. The Bertz CT molecular complexity index is 267. The third-order valence-electron chi connectivity index (χ3n) is 0.928. The van der Waals surface area contributed by atoms with E-state index in [2.05, 4.69) is 6.07 Å². The van der Waals surface area contributed by atoms with E-state index in [1.807, 2.05) is 0 Å². The van der Waals surface area contributed by atoms with E-state index >= 15 is 0 Å². The number of aromatic carboxylic acids is 1. The summed E-state index contributed by atoms with van der Waals surface area (Å²) in [4.78, 5) is 11.2. The average Bonchev–Trinajstić information content (AvgIpc) is 2.34. The minimum absolute atomic E-state index is 0. The Morgan fingerprint density at radius 1 is 1.82 bits per heavy atom. The summed E-state index contributed by atoms with van der Waals surface area (Å²) >= 11 is 1.11. The van der Waals surface area contributed by atoms with Crippen LogP contribution in [0.1, 0.15) is 14.5 Å². The van der Waals surface area contributed by atoms with Crippen molar-refractivity contribution in [1.29, 1.82) is 0 Å². The van der Waals surface area contributed by atoms with Gasteiger partial charge in [0.05, 0.1) is 0 Å². The zero-order chi connectivity index (χ0) is 7.56. The van der Waals surface area contributed by atoms with E-state index in [-0.39, 0.29) is 37.6 Å². The molecule has 0 saturated heterocycles. The normalized spacial score (nSPS) is 8.36. The molecule has 0 spiro atoms.